The van der Waals surface area contributed by atoms with E-state index in [1.807, 2.05) is 27.7 Å². The van der Waals surface area contributed by atoms with Gasteiger partial charge in [-0.15, -0.1) is 0 Å². The number of nitrogens with one attached hydrogen (secondary N) is 1. The summed E-state index contributed by atoms with van der Waals surface area (Å²) in [5.41, 5.74) is -1.51. The van der Waals surface area contributed by atoms with Gasteiger partial charge in [-0.1, -0.05) is 20.8 Å². The van der Waals surface area contributed by atoms with Crippen molar-refractivity contribution >= 4 is 11.9 Å². The molecule has 1 N–H and O–H groups in total. The molecule has 2 saturated carbocycles. The molecule has 0 aliphatic heterocycles. The Balaban J connectivity index is 2.21. The van der Waals surface area contributed by atoms with Crippen molar-refractivity contribution in [2.24, 2.45) is 10.8 Å². The molecule has 1 amide bonds. The maximum Gasteiger partial charge on any atom is 0.408 e. The van der Waals surface area contributed by atoms with E-state index >= 15 is 0 Å². The van der Waals surface area contributed by atoms with Crippen LogP contribution in [0.4, 0.5) is 4.79 Å². The van der Waals surface area contributed by atoms with Crippen molar-refractivity contribution in [2.75, 3.05) is 0 Å². The molecule has 0 heterocycles. The van der Waals surface area contributed by atoms with E-state index in [9.17, 15) is 9.59 Å². The third-order valence-corrected chi connectivity index (χ3v) is 5.45. The molecular weight excluding hydrogens is 242 g/mol. The lowest BCUT2D eigenvalue weighted by atomic mass is 9.68. The lowest BCUT2D eigenvalue weighted by molar-refractivity contribution is -0.128. The summed E-state index contributed by atoms with van der Waals surface area (Å²) in [5.74, 6) is 0.264. The minimum atomic E-state index is -0.518. The Morgan fingerprint density at radius 3 is 2.16 bits per heavy atom. The molecule has 4 nitrogen and oxygen atoms in total. The maximum atomic E-state index is 12.3. The average Bonchev–Trinajstić information content (AvgIpc) is 2.44. The number of ketones is 1. The number of fused-ring (bicyclic) bond motifs is 2. The van der Waals surface area contributed by atoms with Crippen molar-refractivity contribution in [2.45, 2.75) is 71.9 Å². The van der Waals surface area contributed by atoms with Crippen LogP contribution < -0.4 is 5.32 Å². The molecule has 0 aromatic rings. The average molecular weight is 267 g/mol. The summed E-state index contributed by atoms with van der Waals surface area (Å²) in [5, 5.41) is 3.00. The molecule has 2 fully saturated rings. The number of carbonyl (C=O) groups is 2. The first-order valence-corrected chi connectivity index (χ1v) is 6.98. The van der Waals surface area contributed by atoms with E-state index in [4.69, 9.17) is 4.74 Å². The lowest BCUT2D eigenvalue weighted by Crippen LogP contribution is -2.55. The first-order valence-electron chi connectivity index (χ1n) is 6.98. The van der Waals surface area contributed by atoms with Crippen LogP contribution in [0.5, 0.6) is 0 Å². The van der Waals surface area contributed by atoms with Crippen LogP contribution in [-0.2, 0) is 9.53 Å². The van der Waals surface area contributed by atoms with Crippen LogP contribution in [0.25, 0.3) is 0 Å². The van der Waals surface area contributed by atoms with Gasteiger partial charge in [-0.25, -0.2) is 4.79 Å². The zero-order chi connectivity index (χ0) is 14.7. The first-order chi connectivity index (χ1) is 8.44. The molecule has 2 aliphatic rings. The van der Waals surface area contributed by atoms with Gasteiger partial charge in [-0.2, -0.15) is 0 Å². The van der Waals surface area contributed by atoms with Crippen molar-refractivity contribution in [3.05, 3.63) is 0 Å². The van der Waals surface area contributed by atoms with Gasteiger partial charge >= 0.3 is 6.09 Å². The Morgan fingerprint density at radius 2 is 1.79 bits per heavy atom. The molecule has 0 unspecified atom stereocenters. The molecule has 2 rings (SSSR count). The fraction of sp³-hybridized carbons (Fsp3) is 0.867. The highest BCUT2D eigenvalue weighted by Crippen LogP contribution is 2.65. The number of rotatable bonds is 1. The van der Waals surface area contributed by atoms with E-state index in [-0.39, 0.29) is 16.6 Å². The Hall–Kier alpha value is -1.06. The van der Waals surface area contributed by atoms with Gasteiger partial charge in [0.1, 0.15) is 11.4 Å². The highest BCUT2D eigenvalue weighted by atomic mass is 16.6. The number of amides is 1. The summed E-state index contributed by atoms with van der Waals surface area (Å²) < 4.78 is 5.35. The second-order valence-electron chi connectivity index (χ2n) is 7.77. The van der Waals surface area contributed by atoms with Crippen LogP contribution >= 0.6 is 0 Å². The summed E-state index contributed by atoms with van der Waals surface area (Å²) in [7, 11) is 0. The maximum absolute atomic E-state index is 12.3. The number of Topliss-reactive ketones (excluding diaryl/α,β-unsaturated/α-hetero) is 1. The minimum absolute atomic E-state index is 0.228. The van der Waals surface area contributed by atoms with Gasteiger partial charge in [0.15, 0.2) is 0 Å². The molecular formula is C15H25NO3. The summed E-state index contributed by atoms with van der Waals surface area (Å²) >= 11 is 0. The zero-order valence-electron chi connectivity index (χ0n) is 12.8. The predicted molar refractivity (Wildman–Crippen MR) is 72.8 cm³/mol. The third kappa shape index (κ3) is 1.87. The van der Waals surface area contributed by atoms with Gasteiger partial charge < -0.3 is 10.1 Å². The SMILES string of the molecule is CC(C)(C)OC(=O)N[C@@]12CC[C@@](C)(C(=O)C1)C2(C)C. The van der Waals surface area contributed by atoms with E-state index in [2.05, 4.69) is 19.2 Å². The van der Waals surface area contributed by atoms with E-state index in [1.54, 1.807) is 0 Å². The third-order valence-electron chi connectivity index (χ3n) is 5.45. The van der Waals surface area contributed by atoms with Gasteiger partial charge in [-0.3, -0.25) is 4.79 Å². The lowest BCUT2D eigenvalue weighted by Gasteiger charge is -2.40. The smallest absolute Gasteiger partial charge is 0.408 e. The Morgan fingerprint density at radius 1 is 1.21 bits per heavy atom. The van der Waals surface area contributed by atoms with Crippen LogP contribution in [0.2, 0.25) is 0 Å². The van der Waals surface area contributed by atoms with Crippen molar-refractivity contribution in [1.82, 2.24) is 5.32 Å². The second-order valence-corrected chi connectivity index (χ2v) is 7.77. The van der Waals surface area contributed by atoms with Gasteiger partial charge in [0, 0.05) is 17.3 Å². The first kappa shape index (κ1) is 14.4. The fourth-order valence-corrected chi connectivity index (χ4v) is 3.64. The van der Waals surface area contributed by atoms with E-state index in [0.717, 1.165) is 12.8 Å². The van der Waals surface area contributed by atoms with Crippen molar-refractivity contribution in [1.29, 1.82) is 0 Å². The molecule has 0 aromatic heterocycles. The van der Waals surface area contributed by atoms with Crippen LogP contribution in [0, 0.1) is 10.8 Å². The van der Waals surface area contributed by atoms with E-state index in [0.29, 0.717) is 6.42 Å². The van der Waals surface area contributed by atoms with Crippen molar-refractivity contribution in [3.63, 3.8) is 0 Å². The summed E-state index contributed by atoms with van der Waals surface area (Å²) in [6.45, 7) is 11.7. The number of carbonyl (C=O) groups excluding carboxylic acids is 2. The van der Waals surface area contributed by atoms with Crippen LogP contribution in [0.15, 0.2) is 0 Å². The molecule has 2 atom stereocenters. The monoisotopic (exact) mass is 267 g/mol. The van der Waals surface area contributed by atoms with Crippen LogP contribution in [0.1, 0.15) is 60.8 Å². The van der Waals surface area contributed by atoms with Crippen molar-refractivity contribution in [3.8, 4) is 0 Å². The van der Waals surface area contributed by atoms with E-state index < -0.39 is 17.2 Å². The second kappa shape index (κ2) is 3.74. The molecule has 4 heteroatoms. The normalized spacial score (nSPS) is 36.4. The highest BCUT2D eigenvalue weighted by Gasteiger charge is 2.70. The summed E-state index contributed by atoms with van der Waals surface area (Å²) in [6.07, 6.45) is 1.70. The summed E-state index contributed by atoms with van der Waals surface area (Å²) in [4.78, 5) is 24.3. The molecule has 2 aliphatic carbocycles. The Bertz CT molecular complexity index is 435. The topological polar surface area (TPSA) is 55.4 Å². The van der Waals surface area contributed by atoms with Gasteiger partial charge in [0.2, 0.25) is 0 Å². The van der Waals surface area contributed by atoms with Crippen LogP contribution in [-0.4, -0.2) is 23.0 Å². The van der Waals surface area contributed by atoms with Crippen molar-refractivity contribution < 1.29 is 14.3 Å². The largest absolute Gasteiger partial charge is 0.444 e. The summed E-state index contributed by atoms with van der Waals surface area (Å²) in [6, 6.07) is 0. The fourth-order valence-electron chi connectivity index (χ4n) is 3.64. The number of ether oxygens (including phenoxy) is 1. The molecule has 0 aromatic carbocycles. The Labute approximate surface area is 115 Å². The molecule has 0 radical (unpaired) electrons. The molecule has 2 bridgehead atoms. The van der Waals surface area contributed by atoms with E-state index in [1.165, 1.54) is 0 Å². The Kier molecular flexibility index (Phi) is 2.82. The number of hydrogen-bond donors (Lipinski definition) is 1. The number of hydrogen-bond acceptors (Lipinski definition) is 3. The standard InChI is InChI=1S/C15H25NO3/c1-12(2,3)19-11(18)16-15-8-7-14(6,10(17)9-15)13(15,4)5/h7-9H2,1-6H3,(H,16,18)/t14-,15-/m0/s1. The molecule has 108 valence electrons. The highest BCUT2D eigenvalue weighted by molar-refractivity contribution is 5.92. The number of alkyl carbamates (subject to hydrolysis) is 1. The predicted octanol–water partition coefficient (Wildman–Crippen LogP) is 3.05. The molecule has 19 heavy (non-hydrogen) atoms. The molecule has 0 spiro atoms. The van der Waals surface area contributed by atoms with Crippen LogP contribution in [0.3, 0.4) is 0 Å². The molecule has 0 saturated heterocycles. The van der Waals surface area contributed by atoms with Gasteiger partial charge in [-0.05, 0) is 33.6 Å². The quantitative estimate of drug-likeness (QED) is 0.794. The zero-order valence-corrected chi connectivity index (χ0v) is 12.8. The van der Waals surface area contributed by atoms with Gasteiger partial charge in [0.05, 0.1) is 5.54 Å². The minimum Gasteiger partial charge on any atom is -0.444 e. The van der Waals surface area contributed by atoms with Gasteiger partial charge in [0.25, 0.3) is 0 Å².